The Kier molecular flexibility index (Phi) is 6.25. The van der Waals surface area contributed by atoms with Gasteiger partial charge in [0.25, 0.3) is 0 Å². The zero-order chi connectivity index (χ0) is 18.2. The molecule has 1 fully saturated rings. The fourth-order valence-electron chi connectivity index (χ4n) is 3.10. The molecule has 0 aromatic heterocycles. The van der Waals surface area contributed by atoms with E-state index in [0.717, 1.165) is 12.0 Å². The lowest BCUT2D eigenvalue weighted by molar-refractivity contribution is -0.132. The Balaban J connectivity index is 1.39. The zero-order valence-corrected chi connectivity index (χ0v) is 14.9. The topological polar surface area (TPSA) is 52.7 Å². The van der Waals surface area contributed by atoms with Crippen LogP contribution in [0.5, 0.6) is 0 Å². The highest BCUT2D eigenvalue weighted by Gasteiger charge is 2.23. The molecule has 0 aliphatic carbocycles. The molecule has 1 heterocycles. The van der Waals surface area contributed by atoms with Crippen molar-refractivity contribution in [2.24, 2.45) is 0 Å². The van der Waals surface area contributed by atoms with Gasteiger partial charge in [-0.3, -0.25) is 4.79 Å². The summed E-state index contributed by atoms with van der Waals surface area (Å²) in [7, 11) is 0. The number of carbonyl (C=O) groups is 2. The molecule has 0 radical (unpaired) electrons. The van der Waals surface area contributed by atoms with E-state index >= 15 is 0 Å². The van der Waals surface area contributed by atoms with E-state index < -0.39 is 0 Å². The van der Waals surface area contributed by atoms with Crippen LogP contribution in [0.25, 0.3) is 0 Å². The second-order valence-electron chi connectivity index (χ2n) is 6.50. The Morgan fingerprint density at radius 1 is 0.769 bits per heavy atom. The summed E-state index contributed by atoms with van der Waals surface area (Å²) in [4.78, 5) is 28.3. The van der Waals surface area contributed by atoms with Crippen LogP contribution in [0.4, 0.5) is 4.79 Å². The molecule has 0 spiro atoms. The van der Waals surface area contributed by atoms with Crippen LogP contribution in [0.15, 0.2) is 60.7 Å². The van der Waals surface area contributed by atoms with Crippen molar-refractivity contribution >= 4 is 11.9 Å². The maximum Gasteiger partial charge on any atom is 0.317 e. The third kappa shape index (κ3) is 5.09. The van der Waals surface area contributed by atoms with Crippen LogP contribution in [0, 0.1) is 0 Å². The first-order valence-corrected chi connectivity index (χ1v) is 9.11. The molecule has 5 nitrogen and oxygen atoms in total. The molecule has 5 heteroatoms. The Labute approximate surface area is 154 Å². The van der Waals surface area contributed by atoms with Crippen molar-refractivity contribution in [2.45, 2.75) is 19.4 Å². The van der Waals surface area contributed by atoms with Gasteiger partial charge in [0, 0.05) is 39.1 Å². The van der Waals surface area contributed by atoms with E-state index in [1.54, 1.807) is 4.90 Å². The number of benzene rings is 2. The van der Waals surface area contributed by atoms with Gasteiger partial charge in [0.15, 0.2) is 0 Å². The molecule has 1 aliphatic rings. The SMILES string of the molecule is O=C(CCc1ccccc1)N1CCN(C(=O)NCc2ccccc2)CC1. The van der Waals surface area contributed by atoms with Crippen LogP contribution < -0.4 is 5.32 Å². The fraction of sp³-hybridized carbons (Fsp3) is 0.333. The highest BCUT2D eigenvalue weighted by Crippen LogP contribution is 2.08. The van der Waals surface area contributed by atoms with E-state index in [1.165, 1.54) is 5.56 Å². The van der Waals surface area contributed by atoms with Gasteiger partial charge in [-0.25, -0.2) is 4.79 Å². The number of nitrogens with one attached hydrogen (secondary N) is 1. The highest BCUT2D eigenvalue weighted by molar-refractivity contribution is 5.78. The van der Waals surface area contributed by atoms with Gasteiger partial charge in [-0.15, -0.1) is 0 Å². The number of hydrogen-bond acceptors (Lipinski definition) is 2. The van der Waals surface area contributed by atoms with Gasteiger partial charge in [0.2, 0.25) is 5.91 Å². The Morgan fingerprint density at radius 2 is 1.31 bits per heavy atom. The summed E-state index contributed by atoms with van der Waals surface area (Å²) in [6.07, 6.45) is 1.28. The molecule has 0 saturated carbocycles. The lowest BCUT2D eigenvalue weighted by Crippen LogP contribution is -2.53. The van der Waals surface area contributed by atoms with Crippen LogP contribution in [-0.4, -0.2) is 47.9 Å². The van der Waals surface area contributed by atoms with Gasteiger partial charge in [0.1, 0.15) is 0 Å². The van der Waals surface area contributed by atoms with Crippen LogP contribution in [0.2, 0.25) is 0 Å². The van der Waals surface area contributed by atoms with Gasteiger partial charge in [-0.05, 0) is 17.5 Å². The average Bonchev–Trinajstić information content (AvgIpc) is 2.72. The van der Waals surface area contributed by atoms with Crippen molar-refractivity contribution < 1.29 is 9.59 Å². The van der Waals surface area contributed by atoms with Crippen molar-refractivity contribution in [3.63, 3.8) is 0 Å². The second kappa shape index (κ2) is 9.04. The lowest BCUT2D eigenvalue weighted by Gasteiger charge is -2.34. The van der Waals surface area contributed by atoms with Crippen LogP contribution in [0.3, 0.4) is 0 Å². The van der Waals surface area contributed by atoms with Crippen LogP contribution in [-0.2, 0) is 17.8 Å². The average molecular weight is 351 g/mol. The van der Waals surface area contributed by atoms with E-state index in [1.807, 2.05) is 65.6 Å². The Bertz CT molecular complexity index is 647. The number of urea groups is 1. The van der Waals surface area contributed by atoms with E-state index in [4.69, 9.17) is 0 Å². The van der Waals surface area contributed by atoms with Crippen molar-refractivity contribution in [2.75, 3.05) is 26.2 Å². The van der Waals surface area contributed by atoms with Crippen molar-refractivity contribution in [1.82, 2.24) is 15.1 Å². The van der Waals surface area contributed by atoms with E-state index in [9.17, 15) is 9.59 Å². The van der Waals surface area contributed by atoms with Gasteiger partial charge in [-0.1, -0.05) is 60.7 Å². The maximum absolute atomic E-state index is 12.4. The molecule has 0 unspecified atom stereocenters. The smallest absolute Gasteiger partial charge is 0.317 e. The van der Waals surface area contributed by atoms with E-state index in [-0.39, 0.29) is 11.9 Å². The highest BCUT2D eigenvalue weighted by atomic mass is 16.2. The monoisotopic (exact) mass is 351 g/mol. The summed E-state index contributed by atoms with van der Waals surface area (Å²) in [6.45, 7) is 2.89. The second-order valence-corrected chi connectivity index (χ2v) is 6.50. The van der Waals surface area contributed by atoms with Gasteiger partial charge < -0.3 is 15.1 Å². The van der Waals surface area contributed by atoms with Crippen molar-refractivity contribution in [3.05, 3.63) is 71.8 Å². The van der Waals surface area contributed by atoms with Gasteiger partial charge >= 0.3 is 6.03 Å². The molecular formula is C21H25N3O2. The van der Waals surface area contributed by atoms with Gasteiger partial charge in [0.05, 0.1) is 0 Å². The first-order chi connectivity index (χ1) is 12.7. The predicted molar refractivity (Wildman–Crippen MR) is 102 cm³/mol. The molecule has 2 aromatic carbocycles. The number of hydrogen-bond donors (Lipinski definition) is 1. The number of piperazine rings is 1. The van der Waals surface area contributed by atoms with E-state index in [2.05, 4.69) is 5.32 Å². The molecule has 0 atom stereocenters. The Morgan fingerprint density at radius 3 is 1.92 bits per heavy atom. The molecule has 0 bridgehead atoms. The summed E-state index contributed by atoms with van der Waals surface area (Å²) in [5.41, 5.74) is 2.26. The first-order valence-electron chi connectivity index (χ1n) is 9.11. The Hall–Kier alpha value is -2.82. The summed E-state index contributed by atoms with van der Waals surface area (Å²) in [5.74, 6) is 0.165. The predicted octanol–water partition coefficient (Wildman–Crippen LogP) is 2.67. The maximum atomic E-state index is 12.4. The summed E-state index contributed by atoms with van der Waals surface area (Å²) >= 11 is 0. The fourth-order valence-corrected chi connectivity index (χ4v) is 3.10. The number of nitrogens with zero attached hydrogens (tertiary/aromatic N) is 2. The van der Waals surface area contributed by atoms with E-state index in [0.29, 0.717) is 39.1 Å². The molecule has 3 rings (SSSR count). The lowest BCUT2D eigenvalue weighted by atomic mass is 10.1. The standard InChI is InChI=1S/C21H25N3O2/c25-20(12-11-18-7-3-1-4-8-18)23-13-15-24(16-14-23)21(26)22-17-19-9-5-2-6-10-19/h1-10H,11-17H2,(H,22,26). The molecule has 136 valence electrons. The largest absolute Gasteiger partial charge is 0.339 e. The number of amides is 3. The summed E-state index contributed by atoms with van der Waals surface area (Å²) < 4.78 is 0. The first kappa shape index (κ1) is 18.0. The number of rotatable bonds is 5. The van der Waals surface area contributed by atoms with Crippen LogP contribution >= 0.6 is 0 Å². The summed E-state index contributed by atoms with van der Waals surface area (Å²) in [6, 6.07) is 19.8. The third-order valence-electron chi connectivity index (χ3n) is 4.68. The normalized spacial score (nSPS) is 14.2. The molecule has 1 N–H and O–H groups in total. The third-order valence-corrected chi connectivity index (χ3v) is 4.68. The minimum absolute atomic E-state index is 0.0646. The van der Waals surface area contributed by atoms with Gasteiger partial charge in [-0.2, -0.15) is 0 Å². The van der Waals surface area contributed by atoms with Crippen molar-refractivity contribution in [3.8, 4) is 0 Å². The quantitative estimate of drug-likeness (QED) is 0.900. The zero-order valence-electron chi connectivity index (χ0n) is 14.9. The van der Waals surface area contributed by atoms with Crippen LogP contribution in [0.1, 0.15) is 17.5 Å². The minimum atomic E-state index is -0.0646. The minimum Gasteiger partial charge on any atom is -0.339 e. The number of carbonyl (C=O) groups excluding carboxylic acids is 2. The molecule has 1 saturated heterocycles. The van der Waals surface area contributed by atoms with Crippen molar-refractivity contribution in [1.29, 1.82) is 0 Å². The molecule has 3 amide bonds. The molecular weight excluding hydrogens is 326 g/mol. The number of aryl methyl sites for hydroxylation is 1. The molecule has 1 aliphatic heterocycles. The molecule has 2 aromatic rings. The molecule has 26 heavy (non-hydrogen) atoms. The summed E-state index contributed by atoms with van der Waals surface area (Å²) in [5, 5.41) is 2.94.